The van der Waals surface area contributed by atoms with Crippen LogP contribution in [0.4, 0.5) is 0 Å². The van der Waals surface area contributed by atoms with Gasteiger partial charge in [0.1, 0.15) is 4.88 Å². The lowest BCUT2D eigenvalue weighted by Gasteiger charge is -2.30. The standard InChI is InChI=1S/C14H18N4O3S/c1-3-18-12(19)10-9(15-14(18)21)11(22-16-10)13(20)17-6-4-5-8(2)7-17/h8H,3-7H2,1-2H3,(H,15,21). The van der Waals surface area contributed by atoms with E-state index in [9.17, 15) is 14.4 Å². The van der Waals surface area contributed by atoms with Gasteiger partial charge in [-0.2, -0.15) is 4.37 Å². The van der Waals surface area contributed by atoms with E-state index >= 15 is 0 Å². The molecule has 7 nitrogen and oxygen atoms in total. The van der Waals surface area contributed by atoms with Crippen LogP contribution in [0.2, 0.25) is 0 Å². The van der Waals surface area contributed by atoms with Crippen molar-refractivity contribution in [3.8, 4) is 0 Å². The van der Waals surface area contributed by atoms with E-state index < -0.39 is 11.2 Å². The van der Waals surface area contributed by atoms with Crippen molar-refractivity contribution in [1.82, 2.24) is 18.8 Å². The molecule has 0 aromatic carbocycles. The SMILES string of the molecule is CCn1c(=O)[nH]c2c(C(=O)N3CCCC(C)C3)snc2c1=O. The molecule has 1 N–H and O–H groups in total. The molecule has 0 radical (unpaired) electrons. The Bertz CT molecular complexity index is 835. The molecule has 1 unspecified atom stereocenters. The number of fused-ring (bicyclic) bond motifs is 1. The van der Waals surface area contributed by atoms with E-state index in [-0.39, 0.29) is 23.5 Å². The highest BCUT2D eigenvalue weighted by Crippen LogP contribution is 2.22. The fourth-order valence-corrected chi connectivity index (χ4v) is 3.70. The van der Waals surface area contributed by atoms with Crippen molar-refractivity contribution in [2.75, 3.05) is 13.1 Å². The van der Waals surface area contributed by atoms with Gasteiger partial charge in [0.2, 0.25) is 0 Å². The number of nitrogens with zero attached hydrogens (tertiary/aromatic N) is 3. The third-order valence-electron chi connectivity index (χ3n) is 4.07. The van der Waals surface area contributed by atoms with Crippen molar-refractivity contribution in [3.05, 3.63) is 25.7 Å². The minimum Gasteiger partial charge on any atom is -0.338 e. The summed E-state index contributed by atoms with van der Waals surface area (Å²) in [5.74, 6) is 0.316. The molecule has 2 aromatic heterocycles. The van der Waals surface area contributed by atoms with Crippen LogP contribution < -0.4 is 11.2 Å². The van der Waals surface area contributed by atoms with E-state index in [1.54, 1.807) is 11.8 Å². The van der Waals surface area contributed by atoms with Crippen molar-refractivity contribution in [3.63, 3.8) is 0 Å². The van der Waals surface area contributed by atoms with Crippen LogP contribution in [0.3, 0.4) is 0 Å². The lowest BCUT2D eigenvalue weighted by atomic mass is 10.0. The minimum absolute atomic E-state index is 0.150. The van der Waals surface area contributed by atoms with E-state index in [1.165, 1.54) is 0 Å². The first-order valence-electron chi connectivity index (χ1n) is 7.44. The summed E-state index contributed by atoms with van der Waals surface area (Å²) in [4.78, 5) is 41.6. The molecule has 118 valence electrons. The van der Waals surface area contributed by atoms with Gasteiger partial charge in [-0.3, -0.25) is 14.2 Å². The zero-order valence-electron chi connectivity index (χ0n) is 12.6. The van der Waals surface area contributed by atoms with E-state index in [1.807, 2.05) is 0 Å². The molecule has 3 rings (SSSR count). The first kappa shape index (κ1) is 15.0. The number of aromatic amines is 1. The number of hydrogen-bond donors (Lipinski definition) is 1. The molecule has 0 aliphatic carbocycles. The minimum atomic E-state index is -0.499. The normalized spacial score (nSPS) is 18.8. The lowest BCUT2D eigenvalue weighted by molar-refractivity contribution is 0.0689. The molecule has 8 heteroatoms. The Hall–Kier alpha value is -1.96. The fourth-order valence-electron chi connectivity index (χ4n) is 2.90. The number of carbonyl (C=O) groups is 1. The molecular formula is C14H18N4O3S. The van der Waals surface area contributed by atoms with Gasteiger partial charge in [0.25, 0.3) is 11.5 Å². The van der Waals surface area contributed by atoms with Crippen molar-refractivity contribution >= 4 is 28.5 Å². The Morgan fingerprint density at radius 1 is 1.45 bits per heavy atom. The molecule has 2 aromatic rings. The predicted octanol–water partition coefficient (Wildman–Crippen LogP) is 1.04. The molecule has 0 saturated carbocycles. The average molecular weight is 322 g/mol. The lowest BCUT2D eigenvalue weighted by Crippen LogP contribution is -2.39. The number of piperidine rings is 1. The number of nitrogens with one attached hydrogen (secondary N) is 1. The highest BCUT2D eigenvalue weighted by Gasteiger charge is 2.26. The largest absolute Gasteiger partial charge is 0.338 e. The Balaban J connectivity index is 2.07. The number of hydrogen-bond acceptors (Lipinski definition) is 5. The Kier molecular flexibility index (Phi) is 3.86. The van der Waals surface area contributed by atoms with Crippen LogP contribution in [0.1, 0.15) is 36.4 Å². The summed E-state index contributed by atoms with van der Waals surface area (Å²) in [7, 11) is 0. The van der Waals surface area contributed by atoms with Gasteiger partial charge in [-0.1, -0.05) is 6.92 Å². The first-order chi connectivity index (χ1) is 10.5. The van der Waals surface area contributed by atoms with Crippen molar-refractivity contribution in [1.29, 1.82) is 0 Å². The van der Waals surface area contributed by atoms with E-state index in [0.717, 1.165) is 28.9 Å². The van der Waals surface area contributed by atoms with Gasteiger partial charge >= 0.3 is 5.69 Å². The van der Waals surface area contributed by atoms with Gasteiger partial charge in [-0.25, -0.2) is 4.79 Å². The number of rotatable bonds is 2. The van der Waals surface area contributed by atoms with Crippen LogP contribution in [-0.4, -0.2) is 37.8 Å². The summed E-state index contributed by atoms with van der Waals surface area (Å²) in [6.45, 7) is 5.52. The number of carbonyl (C=O) groups excluding carboxylic acids is 1. The number of H-pyrrole nitrogens is 1. The van der Waals surface area contributed by atoms with Crippen molar-refractivity contribution < 1.29 is 4.79 Å². The zero-order chi connectivity index (χ0) is 15.9. The van der Waals surface area contributed by atoms with E-state index in [0.29, 0.717) is 23.9 Å². The predicted molar refractivity (Wildman–Crippen MR) is 84.5 cm³/mol. The van der Waals surface area contributed by atoms with E-state index in [2.05, 4.69) is 16.3 Å². The Labute approximate surface area is 130 Å². The molecule has 1 fully saturated rings. The molecule has 1 aliphatic rings. The monoisotopic (exact) mass is 322 g/mol. The summed E-state index contributed by atoms with van der Waals surface area (Å²) in [6, 6.07) is 0. The maximum atomic E-state index is 12.7. The van der Waals surface area contributed by atoms with E-state index in [4.69, 9.17) is 0 Å². The van der Waals surface area contributed by atoms with Crippen molar-refractivity contribution in [2.45, 2.75) is 33.2 Å². The highest BCUT2D eigenvalue weighted by molar-refractivity contribution is 7.09. The summed E-state index contributed by atoms with van der Waals surface area (Å²) in [6.07, 6.45) is 2.09. The molecule has 0 bridgehead atoms. The van der Waals surface area contributed by atoms with Crippen molar-refractivity contribution in [2.24, 2.45) is 5.92 Å². The molecule has 1 amide bonds. The van der Waals surface area contributed by atoms with Gasteiger partial charge in [0, 0.05) is 19.6 Å². The summed E-state index contributed by atoms with van der Waals surface area (Å²) in [5.41, 5.74) is -0.502. The summed E-state index contributed by atoms with van der Waals surface area (Å²) < 4.78 is 5.18. The summed E-state index contributed by atoms with van der Waals surface area (Å²) >= 11 is 0.983. The second-order valence-electron chi connectivity index (χ2n) is 5.71. The smallest absolute Gasteiger partial charge is 0.328 e. The summed E-state index contributed by atoms with van der Waals surface area (Å²) in [5, 5.41) is 0. The average Bonchev–Trinajstić information content (AvgIpc) is 2.90. The van der Waals surface area contributed by atoms with Gasteiger partial charge in [0.05, 0.1) is 5.52 Å². The van der Waals surface area contributed by atoms with Gasteiger partial charge in [0.15, 0.2) is 5.52 Å². The molecule has 22 heavy (non-hydrogen) atoms. The first-order valence-corrected chi connectivity index (χ1v) is 8.22. The van der Waals surface area contributed by atoms with Crippen LogP contribution in [0.5, 0.6) is 0 Å². The Morgan fingerprint density at radius 2 is 2.23 bits per heavy atom. The quantitative estimate of drug-likeness (QED) is 0.895. The maximum Gasteiger partial charge on any atom is 0.328 e. The van der Waals surface area contributed by atoms with Gasteiger partial charge in [-0.05, 0) is 37.2 Å². The van der Waals surface area contributed by atoms with Crippen LogP contribution in [0.15, 0.2) is 9.59 Å². The van der Waals surface area contributed by atoms with Gasteiger partial charge in [-0.15, -0.1) is 0 Å². The molecule has 3 heterocycles. The van der Waals surface area contributed by atoms with Crippen LogP contribution >= 0.6 is 11.5 Å². The number of likely N-dealkylation sites (tertiary alicyclic amines) is 1. The fraction of sp³-hybridized carbons (Fsp3) is 0.571. The molecule has 1 saturated heterocycles. The van der Waals surface area contributed by atoms with Crippen LogP contribution in [0, 0.1) is 5.92 Å². The van der Waals surface area contributed by atoms with Crippen LogP contribution in [0.25, 0.3) is 11.0 Å². The van der Waals surface area contributed by atoms with Crippen LogP contribution in [-0.2, 0) is 6.54 Å². The maximum absolute atomic E-state index is 12.7. The van der Waals surface area contributed by atoms with Gasteiger partial charge < -0.3 is 9.88 Å². The molecular weight excluding hydrogens is 304 g/mol. The molecule has 1 atom stereocenters. The third kappa shape index (κ3) is 2.37. The third-order valence-corrected chi connectivity index (χ3v) is 4.91. The molecule has 0 spiro atoms. The topological polar surface area (TPSA) is 88.1 Å². The number of amides is 1. The number of aromatic nitrogens is 3. The zero-order valence-corrected chi connectivity index (χ0v) is 13.4. The Morgan fingerprint density at radius 3 is 2.91 bits per heavy atom. The highest BCUT2D eigenvalue weighted by atomic mass is 32.1. The second-order valence-corrected chi connectivity index (χ2v) is 6.49. The molecule has 1 aliphatic heterocycles. The second kappa shape index (κ2) is 5.68.